The average Bonchev–Trinajstić information content (AvgIpc) is 2.83. The molecule has 0 radical (unpaired) electrons. The molecule has 1 aromatic carbocycles. The summed E-state index contributed by atoms with van der Waals surface area (Å²) in [7, 11) is 0. The summed E-state index contributed by atoms with van der Waals surface area (Å²) < 4.78 is 0. The molecule has 1 aromatic heterocycles. The molecule has 1 heterocycles. The number of carbonyl (C=O) groups is 1. The van der Waals surface area contributed by atoms with Crippen LogP contribution in [0.4, 0.5) is 0 Å². The first-order chi connectivity index (χ1) is 10.0. The Labute approximate surface area is 123 Å². The van der Waals surface area contributed by atoms with E-state index in [1.807, 2.05) is 25.1 Å². The minimum Gasteiger partial charge on any atom is -0.348 e. The fraction of sp³-hybridized carbons (Fsp3) is 0.467. The number of hydrogen-bond acceptors (Lipinski definition) is 3. The smallest absolute Gasteiger partial charge is 0.323 e. The number of carbonyl (C=O) groups excluding carboxylic acids is 1. The fourth-order valence-corrected chi connectivity index (χ4v) is 2.28. The lowest BCUT2D eigenvalue weighted by Gasteiger charge is -2.18. The van der Waals surface area contributed by atoms with E-state index < -0.39 is 6.04 Å². The van der Waals surface area contributed by atoms with Crippen molar-refractivity contribution in [3.63, 3.8) is 0 Å². The lowest BCUT2D eigenvalue weighted by atomic mass is 10.1. The first kappa shape index (κ1) is 15.3. The number of benzene rings is 1. The van der Waals surface area contributed by atoms with Crippen LogP contribution in [-0.4, -0.2) is 21.9 Å². The Balaban J connectivity index is 2.05. The number of imidazole rings is 1. The molecule has 21 heavy (non-hydrogen) atoms. The van der Waals surface area contributed by atoms with Gasteiger partial charge in [0.2, 0.25) is 5.91 Å². The molecular weight excluding hydrogens is 268 g/mol. The third-order valence-electron chi connectivity index (χ3n) is 3.60. The lowest BCUT2D eigenvalue weighted by Crippen LogP contribution is -2.41. The number of nitrogens with one attached hydrogen (secondary N) is 3. The molecule has 0 aliphatic heterocycles. The zero-order valence-electron chi connectivity index (χ0n) is 12.4. The molecule has 0 bridgehead atoms. The first-order valence-corrected chi connectivity index (χ1v) is 7.29. The highest BCUT2D eigenvalue weighted by atomic mass is 16.2. The minimum absolute atomic E-state index is 0.140. The van der Waals surface area contributed by atoms with Crippen LogP contribution in [0.5, 0.6) is 0 Å². The molecule has 0 aliphatic rings. The molecule has 2 aromatic rings. The zero-order chi connectivity index (χ0) is 15.4. The largest absolute Gasteiger partial charge is 0.348 e. The SMILES string of the molecule is CCCCC(N)C(=O)NC(C)c1ccc2[nH]c(=O)[nH]c2c1. The van der Waals surface area contributed by atoms with Gasteiger partial charge in [-0.2, -0.15) is 0 Å². The summed E-state index contributed by atoms with van der Waals surface area (Å²) in [4.78, 5) is 28.6. The number of unbranched alkanes of at least 4 members (excludes halogenated alkanes) is 1. The summed E-state index contributed by atoms with van der Waals surface area (Å²) in [6.45, 7) is 3.97. The van der Waals surface area contributed by atoms with Crippen molar-refractivity contribution in [3.8, 4) is 0 Å². The van der Waals surface area contributed by atoms with Gasteiger partial charge < -0.3 is 21.0 Å². The van der Waals surface area contributed by atoms with Crippen LogP contribution in [0.15, 0.2) is 23.0 Å². The number of aromatic nitrogens is 2. The molecule has 0 saturated carbocycles. The lowest BCUT2D eigenvalue weighted by molar-refractivity contribution is -0.123. The molecule has 5 N–H and O–H groups in total. The number of rotatable bonds is 6. The molecule has 6 nitrogen and oxygen atoms in total. The van der Waals surface area contributed by atoms with E-state index in [1.165, 1.54) is 0 Å². The molecule has 114 valence electrons. The van der Waals surface area contributed by atoms with Gasteiger partial charge in [0.25, 0.3) is 0 Å². The summed E-state index contributed by atoms with van der Waals surface area (Å²) in [6, 6.07) is 4.93. The van der Waals surface area contributed by atoms with Crippen LogP contribution in [0.3, 0.4) is 0 Å². The van der Waals surface area contributed by atoms with E-state index in [2.05, 4.69) is 22.2 Å². The Kier molecular flexibility index (Phi) is 4.80. The van der Waals surface area contributed by atoms with Gasteiger partial charge in [-0.1, -0.05) is 25.8 Å². The van der Waals surface area contributed by atoms with Crippen molar-refractivity contribution in [1.29, 1.82) is 0 Å². The van der Waals surface area contributed by atoms with Crippen molar-refractivity contribution in [2.24, 2.45) is 5.73 Å². The van der Waals surface area contributed by atoms with Crippen molar-refractivity contribution in [2.45, 2.75) is 45.2 Å². The molecule has 2 rings (SSSR count). The molecule has 1 amide bonds. The first-order valence-electron chi connectivity index (χ1n) is 7.29. The quantitative estimate of drug-likeness (QED) is 0.649. The average molecular weight is 290 g/mol. The maximum atomic E-state index is 12.0. The summed E-state index contributed by atoms with van der Waals surface area (Å²) >= 11 is 0. The standard InChI is InChI=1S/C15H22N4O2/c1-3-4-5-11(16)14(20)17-9(2)10-6-7-12-13(8-10)19-15(21)18-12/h6-9,11H,3-5,16H2,1-2H3,(H,17,20)(H2,18,19,21). The van der Waals surface area contributed by atoms with Crippen LogP contribution in [-0.2, 0) is 4.79 Å². The molecular formula is C15H22N4O2. The summed E-state index contributed by atoms with van der Waals surface area (Å²) in [5, 5.41) is 2.91. The maximum absolute atomic E-state index is 12.0. The monoisotopic (exact) mass is 290 g/mol. The van der Waals surface area contributed by atoms with E-state index in [0.717, 1.165) is 29.4 Å². The Morgan fingerprint density at radius 1 is 1.33 bits per heavy atom. The fourth-order valence-electron chi connectivity index (χ4n) is 2.28. The van der Waals surface area contributed by atoms with Gasteiger partial charge in [-0.05, 0) is 31.0 Å². The van der Waals surface area contributed by atoms with E-state index in [9.17, 15) is 9.59 Å². The van der Waals surface area contributed by atoms with E-state index >= 15 is 0 Å². The van der Waals surface area contributed by atoms with Crippen LogP contribution in [0.1, 0.15) is 44.7 Å². The van der Waals surface area contributed by atoms with Crippen LogP contribution in [0, 0.1) is 0 Å². The zero-order valence-corrected chi connectivity index (χ0v) is 12.4. The molecule has 2 unspecified atom stereocenters. The van der Waals surface area contributed by atoms with Gasteiger partial charge in [-0.25, -0.2) is 4.79 Å². The highest BCUT2D eigenvalue weighted by Gasteiger charge is 2.16. The summed E-state index contributed by atoms with van der Waals surface area (Å²) in [6.07, 6.45) is 2.66. The number of fused-ring (bicyclic) bond motifs is 1. The topological polar surface area (TPSA) is 104 Å². The highest BCUT2D eigenvalue weighted by Crippen LogP contribution is 2.17. The van der Waals surface area contributed by atoms with Crippen molar-refractivity contribution >= 4 is 16.9 Å². The number of hydrogen-bond donors (Lipinski definition) is 4. The van der Waals surface area contributed by atoms with Gasteiger partial charge in [0.1, 0.15) is 0 Å². The Morgan fingerprint density at radius 2 is 2.05 bits per heavy atom. The van der Waals surface area contributed by atoms with Crippen molar-refractivity contribution in [3.05, 3.63) is 34.2 Å². The number of amides is 1. The van der Waals surface area contributed by atoms with Gasteiger partial charge in [-0.15, -0.1) is 0 Å². The second-order valence-electron chi connectivity index (χ2n) is 5.36. The van der Waals surface area contributed by atoms with E-state index in [1.54, 1.807) is 0 Å². The Hall–Kier alpha value is -2.08. The molecule has 0 saturated heterocycles. The summed E-state index contributed by atoms with van der Waals surface area (Å²) in [5.41, 5.74) is 8.03. The van der Waals surface area contributed by atoms with E-state index in [0.29, 0.717) is 6.42 Å². The molecule has 0 spiro atoms. The Morgan fingerprint density at radius 3 is 2.76 bits per heavy atom. The molecule has 6 heteroatoms. The van der Waals surface area contributed by atoms with Gasteiger partial charge in [0.15, 0.2) is 0 Å². The second kappa shape index (κ2) is 6.58. The predicted octanol–water partition coefficient (Wildman–Crippen LogP) is 1.55. The molecule has 2 atom stereocenters. The third kappa shape index (κ3) is 3.72. The number of nitrogens with two attached hydrogens (primary N) is 1. The van der Waals surface area contributed by atoms with Gasteiger partial charge in [-0.3, -0.25) is 4.79 Å². The normalized spacial score (nSPS) is 14.0. The maximum Gasteiger partial charge on any atom is 0.323 e. The van der Waals surface area contributed by atoms with Crippen molar-refractivity contribution in [1.82, 2.24) is 15.3 Å². The van der Waals surface area contributed by atoms with Gasteiger partial charge >= 0.3 is 5.69 Å². The van der Waals surface area contributed by atoms with Crippen LogP contribution >= 0.6 is 0 Å². The van der Waals surface area contributed by atoms with E-state index in [-0.39, 0.29) is 17.6 Å². The summed E-state index contributed by atoms with van der Waals surface area (Å²) in [5.74, 6) is -0.140. The molecule has 0 aliphatic carbocycles. The van der Waals surface area contributed by atoms with Gasteiger partial charge in [0.05, 0.1) is 23.1 Å². The van der Waals surface area contributed by atoms with Gasteiger partial charge in [0, 0.05) is 0 Å². The van der Waals surface area contributed by atoms with E-state index in [4.69, 9.17) is 5.73 Å². The second-order valence-corrected chi connectivity index (χ2v) is 5.36. The van der Waals surface area contributed by atoms with Crippen LogP contribution in [0.2, 0.25) is 0 Å². The number of H-pyrrole nitrogens is 2. The third-order valence-corrected chi connectivity index (χ3v) is 3.60. The number of aromatic amines is 2. The van der Waals surface area contributed by atoms with Crippen LogP contribution < -0.4 is 16.7 Å². The minimum atomic E-state index is -0.469. The van der Waals surface area contributed by atoms with Crippen molar-refractivity contribution < 1.29 is 4.79 Å². The van der Waals surface area contributed by atoms with Crippen molar-refractivity contribution in [2.75, 3.05) is 0 Å². The highest BCUT2D eigenvalue weighted by molar-refractivity contribution is 5.82. The molecule has 0 fully saturated rings. The predicted molar refractivity (Wildman–Crippen MR) is 83.0 cm³/mol. The van der Waals surface area contributed by atoms with Crippen LogP contribution in [0.25, 0.3) is 11.0 Å². The Bertz CT molecular complexity index is 674.